The molecule has 5 rings (SSSR count). The summed E-state index contributed by atoms with van der Waals surface area (Å²) in [6.07, 6.45) is 0. The van der Waals surface area contributed by atoms with E-state index in [0.29, 0.717) is 36.5 Å². The summed E-state index contributed by atoms with van der Waals surface area (Å²) in [4.78, 5) is 24.5. The van der Waals surface area contributed by atoms with Crippen molar-refractivity contribution in [3.63, 3.8) is 0 Å². The van der Waals surface area contributed by atoms with Gasteiger partial charge in [-0.15, -0.1) is 4.91 Å². The van der Waals surface area contributed by atoms with Gasteiger partial charge in [-0.3, -0.25) is 9.69 Å². The third-order valence-electron chi connectivity index (χ3n) is 6.09. The molecule has 1 N–H and O–H groups in total. The van der Waals surface area contributed by atoms with Crippen molar-refractivity contribution >= 4 is 16.9 Å². The highest BCUT2D eigenvalue weighted by atomic mass is 19.1. The van der Waals surface area contributed by atoms with Crippen molar-refractivity contribution in [2.75, 3.05) is 13.1 Å². The molecule has 3 aromatic carbocycles. The van der Waals surface area contributed by atoms with Crippen molar-refractivity contribution in [1.82, 2.24) is 4.90 Å². The normalized spacial score (nSPS) is 15.3. The molecule has 1 unspecified atom stereocenters. The van der Waals surface area contributed by atoms with Crippen LogP contribution in [0.25, 0.3) is 22.3 Å². The fraction of sp³-hybridized carbons (Fsp3) is 0.192. The number of aliphatic carboxylic acids is 1. The molecule has 1 saturated heterocycles. The van der Waals surface area contributed by atoms with Crippen LogP contribution >= 0.6 is 0 Å². The molecule has 1 atom stereocenters. The van der Waals surface area contributed by atoms with E-state index in [1.807, 2.05) is 47.4 Å². The minimum Gasteiger partial charge on any atom is -0.481 e. The van der Waals surface area contributed by atoms with Crippen molar-refractivity contribution in [2.24, 2.45) is 11.1 Å². The zero-order valence-electron chi connectivity index (χ0n) is 17.6. The summed E-state index contributed by atoms with van der Waals surface area (Å²) in [7, 11) is 0. The fourth-order valence-corrected chi connectivity index (χ4v) is 4.28. The zero-order chi connectivity index (χ0) is 22.9. The highest BCUT2D eigenvalue weighted by Gasteiger charge is 2.32. The number of carboxylic acid groups (broad SMARTS) is 1. The lowest BCUT2D eigenvalue weighted by Gasteiger charge is -2.36. The predicted molar refractivity (Wildman–Crippen MR) is 122 cm³/mol. The third kappa shape index (κ3) is 4.15. The molecule has 0 saturated carbocycles. The minimum absolute atomic E-state index is 0.342. The molecule has 33 heavy (non-hydrogen) atoms. The number of fused-ring (bicyclic) bond motifs is 1. The number of hydrogen-bond donors (Lipinski definition) is 1. The molecule has 0 amide bonds. The van der Waals surface area contributed by atoms with Crippen LogP contribution in [0.3, 0.4) is 0 Å². The Bertz CT molecular complexity index is 1330. The molecule has 166 valence electrons. The van der Waals surface area contributed by atoms with Gasteiger partial charge in [0.2, 0.25) is 0 Å². The van der Waals surface area contributed by atoms with E-state index in [9.17, 15) is 14.1 Å². The second kappa shape index (κ2) is 8.60. The van der Waals surface area contributed by atoms with E-state index in [0.717, 1.165) is 22.1 Å². The summed E-state index contributed by atoms with van der Waals surface area (Å²) in [5.41, 5.74) is 3.25. The summed E-state index contributed by atoms with van der Waals surface area (Å²) >= 11 is 0. The zero-order valence-corrected chi connectivity index (χ0v) is 17.6. The van der Waals surface area contributed by atoms with Crippen LogP contribution in [-0.2, 0) is 11.3 Å². The molecule has 6 nitrogen and oxygen atoms in total. The van der Waals surface area contributed by atoms with E-state index in [4.69, 9.17) is 9.52 Å². The molecular formula is C26H21FN2O4. The summed E-state index contributed by atoms with van der Waals surface area (Å²) < 4.78 is 20.8. The molecular weight excluding hydrogens is 423 g/mol. The lowest BCUT2D eigenvalue weighted by atomic mass is 9.98. The maximum atomic E-state index is 14.9. The van der Waals surface area contributed by atoms with E-state index in [2.05, 4.69) is 5.18 Å². The predicted octanol–water partition coefficient (Wildman–Crippen LogP) is 5.61. The van der Waals surface area contributed by atoms with E-state index in [1.54, 1.807) is 24.3 Å². The minimum atomic E-state index is -0.792. The number of likely N-dealkylation sites (tertiary alicyclic amines) is 1. The Balaban J connectivity index is 1.38. The smallest absolute Gasteiger partial charge is 0.309 e. The first-order chi connectivity index (χ1) is 16.0. The topological polar surface area (TPSA) is 83.1 Å². The van der Waals surface area contributed by atoms with Gasteiger partial charge in [-0.1, -0.05) is 47.6 Å². The van der Waals surface area contributed by atoms with E-state index < -0.39 is 17.8 Å². The molecule has 7 heteroatoms. The molecule has 1 aliphatic rings. The first kappa shape index (κ1) is 21.0. The highest BCUT2D eigenvalue weighted by molar-refractivity contribution is 5.83. The van der Waals surface area contributed by atoms with Crippen LogP contribution in [0.4, 0.5) is 4.39 Å². The van der Waals surface area contributed by atoms with Crippen LogP contribution in [0.15, 0.2) is 82.4 Å². The average molecular weight is 444 g/mol. The van der Waals surface area contributed by atoms with Crippen molar-refractivity contribution in [2.45, 2.75) is 12.6 Å². The van der Waals surface area contributed by atoms with Gasteiger partial charge in [-0.2, -0.15) is 0 Å². The number of benzene rings is 3. The number of halogens is 1. The van der Waals surface area contributed by atoms with Gasteiger partial charge in [0.15, 0.2) is 0 Å². The molecule has 0 bridgehead atoms. The molecule has 2 heterocycles. The molecule has 1 aliphatic heterocycles. The second-order valence-electron chi connectivity index (χ2n) is 8.37. The van der Waals surface area contributed by atoms with Crippen LogP contribution in [0.2, 0.25) is 0 Å². The van der Waals surface area contributed by atoms with Gasteiger partial charge in [-0.05, 0) is 47.0 Å². The number of carboxylic acids is 1. The molecule has 0 spiro atoms. The van der Waals surface area contributed by atoms with Crippen LogP contribution in [0.1, 0.15) is 22.7 Å². The summed E-state index contributed by atoms with van der Waals surface area (Å²) in [6.45, 7) is 1.46. The van der Waals surface area contributed by atoms with Crippen molar-refractivity contribution in [3.05, 3.63) is 100 Å². The average Bonchev–Trinajstić information content (AvgIpc) is 3.20. The summed E-state index contributed by atoms with van der Waals surface area (Å²) in [5.74, 6) is -1.14. The number of furan rings is 1. The van der Waals surface area contributed by atoms with E-state index in [-0.39, 0.29) is 5.92 Å². The Morgan fingerprint density at radius 3 is 2.55 bits per heavy atom. The molecule has 0 radical (unpaired) electrons. The standard InChI is InChI=1S/C26H21FN2O4/c27-22-10-16(13-29-14-20(15-29)26(30)31)6-8-21(22)24-12-19-11-18(7-9-23(19)33-24)25(28-32)17-4-2-1-3-5-17/h1-12,20,25H,13-15H2,(H,30,31). The first-order valence-electron chi connectivity index (χ1n) is 10.7. The number of nitroso groups, excluding NO2 is 1. The second-order valence-corrected chi connectivity index (χ2v) is 8.37. The van der Waals surface area contributed by atoms with Gasteiger partial charge in [0.1, 0.15) is 23.2 Å². The summed E-state index contributed by atoms with van der Waals surface area (Å²) in [6, 6.07) is 20.8. The third-order valence-corrected chi connectivity index (χ3v) is 6.09. The van der Waals surface area contributed by atoms with E-state index >= 15 is 0 Å². The number of carbonyl (C=O) groups is 1. The lowest BCUT2D eigenvalue weighted by molar-refractivity contribution is -0.147. The van der Waals surface area contributed by atoms with Gasteiger partial charge in [0, 0.05) is 25.0 Å². The van der Waals surface area contributed by atoms with Gasteiger partial charge in [0.25, 0.3) is 0 Å². The van der Waals surface area contributed by atoms with Gasteiger partial charge in [0.05, 0.1) is 11.5 Å². The monoisotopic (exact) mass is 444 g/mol. The lowest BCUT2D eigenvalue weighted by Crippen LogP contribution is -2.49. The fourth-order valence-electron chi connectivity index (χ4n) is 4.28. The van der Waals surface area contributed by atoms with Crippen LogP contribution in [0, 0.1) is 16.6 Å². The molecule has 1 aromatic heterocycles. The Morgan fingerprint density at radius 2 is 1.85 bits per heavy atom. The van der Waals surface area contributed by atoms with Gasteiger partial charge >= 0.3 is 5.97 Å². The number of hydrogen-bond acceptors (Lipinski definition) is 5. The van der Waals surface area contributed by atoms with Crippen molar-refractivity contribution in [1.29, 1.82) is 0 Å². The molecule has 0 aliphatic carbocycles. The van der Waals surface area contributed by atoms with Crippen molar-refractivity contribution < 1.29 is 18.7 Å². The van der Waals surface area contributed by atoms with Crippen LogP contribution in [-0.4, -0.2) is 29.1 Å². The van der Waals surface area contributed by atoms with Crippen molar-refractivity contribution in [3.8, 4) is 11.3 Å². The van der Waals surface area contributed by atoms with Gasteiger partial charge < -0.3 is 9.52 Å². The maximum absolute atomic E-state index is 14.9. The quantitative estimate of drug-likeness (QED) is 0.375. The molecule has 1 fully saturated rings. The first-order valence-corrected chi connectivity index (χ1v) is 10.7. The summed E-state index contributed by atoms with van der Waals surface area (Å²) in [5, 5.41) is 13.0. The van der Waals surface area contributed by atoms with Crippen LogP contribution in [0.5, 0.6) is 0 Å². The molecule has 4 aromatic rings. The largest absolute Gasteiger partial charge is 0.481 e. The Morgan fingerprint density at radius 1 is 1.06 bits per heavy atom. The van der Waals surface area contributed by atoms with Crippen LogP contribution < -0.4 is 0 Å². The van der Waals surface area contributed by atoms with Gasteiger partial charge in [-0.25, -0.2) is 4.39 Å². The number of nitrogens with zero attached hydrogens (tertiary/aromatic N) is 2. The Labute approximate surface area is 189 Å². The number of rotatable bonds is 7. The Kier molecular flexibility index (Phi) is 5.48. The Hall–Kier alpha value is -3.84. The highest BCUT2D eigenvalue weighted by Crippen LogP contribution is 2.34. The van der Waals surface area contributed by atoms with E-state index in [1.165, 1.54) is 6.07 Å². The SMILES string of the molecule is O=NC(c1ccccc1)c1ccc2oc(-c3ccc(CN4CC(C(=O)O)C4)cc3F)cc2c1. The maximum Gasteiger partial charge on any atom is 0.309 e.